The Morgan fingerprint density at radius 2 is 1.82 bits per heavy atom. The van der Waals surface area contributed by atoms with Gasteiger partial charge in [0, 0.05) is 29.8 Å². The van der Waals surface area contributed by atoms with Crippen LogP contribution in [0.4, 0.5) is 0 Å². The van der Waals surface area contributed by atoms with Crippen molar-refractivity contribution in [3.05, 3.63) is 81.1 Å². The summed E-state index contributed by atoms with van der Waals surface area (Å²) in [6, 6.07) is 11.9. The predicted molar refractivity (Wildman–Crippen MR) is 142 cm³/mol. The molecule has 1 aliphatic heterocycles. The first-order valence-electron chi connectivity index (χ1n) is 12.3. The van der Waals surface area contributed by atoms with E-state index < -0.39 is 13.7 Å². The molecule has 1 aromatic heterocycles. The van der Waals surface area contributed by atoms with Crippen molar-refractivity contribution in [3.8, 4) is 5.75 Å². The number of aromatic nitrogens is 2. The number of phosphoric ester groups is 1. The lowest BCUT2D eigenvalue weighted by Crippen LogP contribution is -2.37. The molecule has 0 spiro atoms. The third-order valence-electron chi connectivity index (χ3n) is 6.49. The minimum Gasteiger partial charge on any atom is -0.404 e. The average Bonchev–Trinajstić information content (AvgIpc) is 3.31. The zero-order chi connectivity index (χ0) is 26.7. The fourth-order valence-corrected chi connectivity index (χ4v) is 6.34. The van der Waals surface area contributed by atoms with Crippen LogP contribution in [0.15, 0.2) is 48.7 Å². The van der Waals surface area contributed by atoms with E-state index in [-0.39, 0.29) is 52.9 Å². The third kappa shape index (κ3) is 6.14. The number of rotatable bonds is 8. The molecule has 12 heteroatoms. The number of benzene rings is 2. The lowest BCUT2D eigenvalue weighted by molar-refractivity contribution is 0.0916. The molecule has 0 radical (unpaired) electrons. The Bertz CT molecular complexity index is 1390. The van der Waals surface area contributed by atoms with Crippen LogP contribution >= 0.6 is 31.0 Å². The summed E-state index contributed by atoms with van der Waals surface area (Å²) in [6.45, 7) is -0.260. The lowest BCUT2D eigenvalue weighted by atomic mass is 9.95. The smallest absolute Gasteiger partial charge is 0.404 e. The van der Waals surface area contributed by atoms with Gasteiger partial charge in [-0.2, -0.15) is 5.10 Å². The van der Waals surface area contributed by atoms with Crippen molar-refractivity contribution in [1.82, 2.24) is 15.1 Å². The number of hydrogen-bond donors (Lipinski definition) is 1. The Labute approximate surface area is 230 Å². The molecule has 2 aliphatic rings. The second-order valence-corrected chi connectivity index (χ2v) is 11.6. The number of para-hydroxylation sites is 1. The van der Waals surface area contributed by atoms with Crippen LogP contribution in [0.2, 0.25) is 10.0 Å². The summed E-state index contributed by atoms with van der Waals surface area (Å²) >= 11 is 12.5. The maximum absolute atomic E-state index is 13.2. The average molecular weight is 578 g/mol. The quantitative estimate of drug-likeness (QED) is 0.245. The molecule has 1 saturated carbocycles. The first kappa shape index (κ1) is 26.9. The minimum atomic E-state index is -3.92. The van der Waals surface area contributed by atoms with Crippen molar-refractivity contribution in [3.63, 3.8) is 0 Å². The van der Waals surface area contributed by atoms with Crippen LogP contribution in [0.1, 0.15) is 64.1 Å². The fraction of sp³-hybridized carbons (Fsp3) is 0.346. The molecule has 5 rings (SSSR count). The summed E-state index contributed by atoms with van der Waals surface area (Å²) in [4.78, 5) is 26.4. The summed E-state index contributed by atoms with van der Waals surface area (Å²) in [5.41, 5.74) is 1.36. The van der Waals surface area contributed by atoms with E-state index in [1.807, 2.05) is 6.07 Å². The number of halogens is 2. The Hall–Kier alpha value is -2.68. The highest BCUT2D eigenvalue weighted by molar-refractivity contribution is 7.48. The van der Waals surface area contributed by atoms with Gasteiger partial charge in [-0.25, -0.2) is 9.25 Å². The van der Waals surface area contributed by atoms with Crippen molar-refractivity contribution >= 4 is 42.7 Å². The van der Waals surface area contributed by atoms with Crippen molar-refractivity contribution < 1.29 is 27.7 Å². The minimum absolute atomic E-state index is 0.0409. The van der Waals surface area contributed by atoms with Crippen molar-refractivity contribution in [2.75, 3.05) is 0 Å². The highest BCUT2D eigenvalue weighted by atomic mass is 35.5. The normalized spacial score (nSPS) is 19.4. The van der Waals surface area contributed by atoms with Crippen molar-refractivity contribution in [2.24, 2.45) is 0 Å². The number of carbonyl (C=O) groups excluding carboxylic acids is 2. The Morgan fingerprint density at radius 3 is 2.58 bits per heavy atom. The molecular formula is C26H26Cl2N3O6P. The molecule has 200 valence electrons. The SMILES string of the molecule is O=C(NC1CCCCC1)c1nn(COP2(=O)OCc3ccccc3O2)cc1CC(=O)c1c(Cl)cccc1Cl. The fourth-order valence-electron chi connectivity index (χ4n) is 4.58. The highest BCUT2D eigenvalue weighted by Crippen LogP contribution is 2.54. The summed E-state index contributed by atoms with van der Waals surface area (Å²) < 4.78 is 30.6. The number of carbonyl (C=O) groups is 2. The van der Waals surface area contributed by atoms with Gasteiger partial charge in [0.25, 0.3) is 5.91 Å². The zero-order valence-corrected chi connectivity index (χ0v) is 22.8. The largest absolute Gasteiger partial charge is 0.532 e. The number of nitrogens with zero attached hydrogens (tertiary/aromatic N) is 2. The molecular weight excluding hydrogens is 552 g/mol. The van der Waals surface area contributed by atoms with Gasteiger partial charge in [-0.05, 0) is 31.0 Å². The number of Topliss-reactive ketones (excluding diaryl/α,β-unsaturated/α-hetero) is 1. The van der Waals surface area contributed by atoms with E-state index in [9.17, 15) is 14.2 Å². The van der Waals surface area contributed by atoms with E-state index in [2.05, 4.69) is 10.4 Å². The van der Waals surface area contributed by atoms with Gasteiger partial charge in [0.1, 0.15) is 5.75 Å². The Kier molecular flexibility index (Phi) is 8.21. The molecule has 3 aromatic rings. The first-order chi connectivity index (χ1) is 18.3. The van der Waals surface area contributed by atoms with E-state index in [0.29, 0.717) is 11.3 Å². The lowest BCUT2D eigenvalue weighted by Gasteiger charge is -2.24. The molecule has 9 nitrogen and oxygen atoms in total. The van der Waals surface area contributed by atoms with Crippen molar-refractivity contribution in [2.45, 2.75) is 57.9 Å². The molecule has 1 atom stereocenters. The van der Waals surface area contributed by atoms with Crippen LogP contribution in [0, 0.1) is 0 Å². The van der Waals surface area contributed by atoms with Crippen molar-refractivity contribution in [1.29, 1.82) is 0 Å². The molecule has 1 aliphatic carbocycles. The zero-order valence-electron chi connectivity index (χ0n) is 20.4. The number of ketones is 1. The first-order valence-corrected chi connectivity index (χ1v) is 14.5. The van der Waals surface area contributed by atoms with Gasteiger partial charge in [-0.1, -0.05) is 66.7 Å². The van der Waals surface area contributed by atoms with Gasteiger partial charge >= 0.3 is 7.82 Å². The molecule has 0 bridgehead atoms. The van der Waals surface area contributed by atoms with Gasteiger partial charge in [-0.15, -0.1) is 0 Å². The van der Waals surface area contributed by atoms with Gasteiger partial charge in [0.2, 0.25) is 0 Å². The van der Waals surface area contributed by atoms with E-state index in [0.717, 1.165) is 37.7 Å². The van der Waals surface area contributed by atoms with Gasteiger partial charge in [-0.3, -0.25) is 18.6 Å². The number of hydrogen-bond acceptors (Lipinski definition) is 7. The Morgan fingerprint density at radius 1 is 1.08 bits per heavy atom. The summed E-state index contributed by atoms with van der Waals surface area (Å²) in [5.74, 6) is -0.344. The number of nitrogens with one attached hydrogen (secondary N) is 1. The maximum Gasteiger partial charge on any atom is 0.532 e. The third-order valence-corrected chi connectivity index (χ3v) is 8.42. The predicted octanol–water partition coefficient (Wildman–Crippen LogP) is 6.37. The Balaban J connectivity index is 1.36. The second kappa shape index (κ2) is 11.6. The van der Waals surface area contributed by atoms with Crippen LogP contribution in [0.3, 0.4) is 0 Å². The molecule has 38 heavy (non-hydrogen) atoms. The standard InChI is InChI=1S/C26H26Cl2N3O6P/c27-20-10-6-11-21(28)24(20)22(32)13-18-14-31(30-25(18)26(33)29-19-8-2-1-3-9-19)16-36-38(34)35-15-17-7-4-5-12-23(17)37-38/h4-7,10-12,14,19H,1-3,8-9,13,15-16H2,(H,29,33). The van der Waals surface area contributed by atoms with Gasteiger partial charge in [0.15, 0.2) is 18.2 Å². The molecule has 2 aromatic carbocycles. The van der Waals surface area contributed by atoms with Crippen LogP contribution < -0.4 is 9.84 Å². The number of fused-ring (bicyclic) bond motifs is 1. The van der Waals surface area contributed by atoms with Gasteiger partial charge in [0.05, 0.1) is 22.2 Å². The van der Waals surface area contributed by atoms with Crippen LogP contribution in [0.25, 0.3) is 0 Å². The molecule has 1 N–H and O–H groups in total. The molecule has 0 saturated heterocycles. The van der Waals surface area contributed by atoms with E-state index >= 15 is 0 Å². The monoisotopic (exact) mass is 577 g/mol. The molecule has 2 heterocycles. The summed E-state index contributed by atoms with van der Waals surface area (Å²) in [7, 11) is -3.92. The molecule has 1 amide bonds. The van der Waals surface area contributed by atoms with Gasteiger partial charge < -0.3 is 9.84 Å². The molecule has 1 unspecified atom stereocenters. The maximum atomic E-state index is 13.2. The second-order valence-electron chi connectivity index (χ2n) is 9.23. The summed E-state index contributed by atoms with van der Waals surface area (Å²) in [5, 5.41) is 7.82. The number of phosphoric acid groups is 1. The number of amides is 1. The topological polar surface area (TPSA) is 109 Å². The van der Waals surface area contributed by atoms with E-state index in [1.54, 1.807) is 36.4 Å². The molecule has 1 fully saturated rings. The summed E-state index contributed by atoms with van der Waals surface area (Å²) in [6.07, 6.45) is 6.34. The van der Waals surface area contributed by atoms with Crippen LogP contribution in [-0.4, -0.2) is 27.5 Å². The van der Waals surface area contributed by atoms with E-state index in [1.165, 1.54) is 10.9 Å². The van der Waals surface area contributed by atoms with E-state index in [4.69, 9.17) is 36.8 Å². The van der Waals surface area contributed by atoms with Crippen LogP contribution in [0.5, 0.6) is 5.75 Å². The highest BCUT2D eigenvalue weighted by Gasteiger charge is 2.34. The van der Waals surface area contributed by atoms with Crippen LogP contribution in [-0.2, 0) is 33.4 Å².